The summed E-state index contributed by atoms with van der Waals surface area (Å²) in [5, 5.41) is 2.88. The summed E-state index contributed by atoms with van der Waals surface area (Å²) in [6.07, 6.45) is 4.14. The third-order valence-corrected chi connectivity index (χ3v) is 7.04. The van der Waals surface area contributed by atoms with Gasteiger partial charge in [-0.2, -0.15) is 0 Å². The molecule has 0 aliphatic carbocycles. The second-order valence-electron chi connectivity index (χ2n) is 7.61. The van der Waals surface area contributed by atoms with Crippen LogP contribution in [-0.4, -0.2) is 34.0 Å². The monoisotopic (exact) mass is 464 g/mol. The van der Waals surface area contributed by atoms with E-state index in [1.54, 1.807) is 24.3 Å². The highest BCUT2D eigenvalue weighted by Crippen LogP contribution is 2.26. The maximum absolute atomic E-state index is 13.3. The van der Waals surface area contributed by atoms with Crippen LogP contribution in [0.4, 0.5) is 10.1 Å². The summed E-state index contributed by atoms with van der Waals surface area (Å²) in [6, 6.07) is 11.1. The number of benzene rings is 2. The van der Waals surface area contributed by atoms with E-state index in [-0.39, 0.29) is 17.3 Å². The van der Waals surface area contributed by atoms with Gasteiger partial charge in [-0.3, -0.25) is 9.10 Å². The highest BCUT2D eigenvalue weighted by molar-refractivity contribution is 7.92. The van der Waals surface area contributed by atoms with E-state index in [0.29, 0.717) is 30.5 Å². The van der Waals surface area contributed by atoms with Crippen LogP contribution in [0.2, 0.25) is 0 Å². The first kappa shape index (κ1) is 25.6. The Morgan fingerprint density at radius 1 is 1.06 bits per heavy atom. The average Bonchev–Trinajstić information content (AvgIpc) is 2.78. The van der Waals surface area contributed by atoms with Crippen molar-refractivity contribution in [1.82, 2.24) is 5.32 Å². The van der Waals surface area contributed by atoms with Crippen molar-refractivity contribution in [3.8, 4) is 5.75 Å². The molecule has 2 rings (SSSR count). The summed E-state index contributed by atoms with van der Waals surface area (Å²) in [5.41, 5.74) is 0.325. The molecule has 0 saturated carbocycles. The van der Waals surface area contributed by atoms with Gasteiger partial charge in [0.2, 0.25) is 5.91 Å². The van der Waals surface area contributed by atoms with Crippen molar-refractivity contribution in [1.29, 1.82) is 0 Å². The van der Waals surface area contributed by atoms with Gasteiger partial charge in [0, 0.05) is 6.54 Å². The fraction of sp³-hybridized carbons (Fsp3) is 0.458. The minimum absolute atomic E-state index is 0.0880. The maximum Gasteiger partial charge on any atom is 0.264 e. The van der Waals surface area contributed by atoms with Crippen LogP contribution in [0.5, 0.6) is 5.75 Å². The average molecular weight is 465 g/mol. The van der Waals surface area contributed by atoms with E-state index < -0.39 is 15.8 Å². The Kier molecular flexibility index (Phi) is 9.97. The second kappa shape index (κ2) is 12.4. The number of nitrogens with one attached hydrogen (secondary N) is 1. The van der Waals surface area contributed by atoms with Gasteiger partial charge >= 0.3 is 0 Å². The summed E-state index contributed by atoms with van der Waals surface area (Å²) in [4.78, 5) is 12.6. The topological polar surface area (TPSA) is 75.7 Å². The van der Waals surface area contributed by atoms with Gasteiger partial charge in [-0.25, -0.2) is 12.8 Å². The Labute approximate surface area is 190 Å². The molecule has 0 heterocycles. The highest BCUT2D eigenvalue weighted by atomic mass is 32.2. The van der Waals surface area contributed by atoms with Gasteiger partial charge in [-0.05, 0) is 67.8 Å². The lowest BCUT2D eigenvalue weighted by molar-refractivity contribution is -0.119. The zero-order chi connectivity index (χ0) is 23.6. The molecule has 6 nitrogen and oxygen atoms in total. The van der Waals surface area contributed by atoms with Crippen LogP contribution in [0.1, 0.15) is 46.5 Å². The van der Waals surface area contributed by atoms with Gasteiger partial charge in [0.25, 0.3) is 10.0 Å². The van der Waals surface area contributed by atoms with Gasteiger partial charge < -0.3 is 10.1 Å². The van der Waals surface area contributed by atoms with E-state index in [0.717, 1.165) is 42.1 Å². The van der Waals surface area contributed by atoms with Crippen molar-refractivity contribution in [2.75, 3.05) is 24.0 Å². The van der Waals surface area contributed by atoms with Gasteiger partial charge in [-0.15, -0.1) is 0 Å². The van der Waals surface area contributed by atoms with Crippen LogP contribution in [-0.2, 0) is 14.8 Å². The van der Waals surface area contributed by atoms with Gasteiger partial charge in [-0.1, -0.05) is 33.1 Å². The number of amides is 1. The molecule has 176 valence electrons. The summed E-state index contributed by atoms with van der Waals surface area (Å²) in [6.45, 7) is 6.67. The lowest BCUT2D eigenvalue weighted by Gasteiger charge is -2.25. The number of nitrogens with zero attached hydrogens (tertiary/aromatic N) is 1. The van der Waals surface area contributed by atoms with Crippen molar-refractivity contribution in [3.05, 3.63) is 54.3 Å². The first-order valence-corrected chi connectivity index (χ1v) is 12.5. The molecule has 8 heteroatoms. The SMILES string of the molecule is CCCC[C@H](CC)CNC(=O)CN(c1ccc(OCC)cc1)S(=O)(=O)c1ccc(F)cc1. The zero-order valence-corrected chi connectivity index (χ0v) is 19.8. The minimum Gasteiger partial charge on any atom is -0.494 e. The summed E-state index contributed by atoms with van der Waals surface area (Å²) < 4.78 is 46.4. The number of rotatable bonds is 13. The number of carbonyl (C=O) groups excluding carboxylic acids is 1. The molecule has 0 unspecified atom stereocenters. The number of ether oxygens (including phenoxy) is 1. The van der Waals surface area contributed by atoms with Crippen LogP contribution >= 0.6 is 0 Å². The fourth-order valence-electron chi connectivity index (χ4n) is 3.31. The summed E-state index contributed by atoms with van der Waals surface area (Å²) in [5.74, 6) is 0.0274. The van der Waals surface area contributed by atoms with E-state index >= 15 is 0 Å². The predicted octanol–water partition coefficient (Wildman–Crippen LogP) is 4.75. The number of sulfonamides is 1. The van der Waals surface area contributed by atoms with Crippen molar-refractivity contribution in [2.24, 2.45) is 5.92 Å². The fourth-order valence-corrected chi connectivity index (χ4v) is 4.73. The lowest BCUT2D eigenvalue weighted by atomic mass is 9.99. The lowest BCUT2D eigenvalue weighted by Crippen LogP contribution is -2.42. The first-order chi connectivity index (χ1) is 15.3. The Bertz CT molecular complexity index is 947. The van der Waals surface area contributed by atoms with Crippen LogP contribution < -0.4 is 14.4 Å². The van der Waals surface area contributed by atoms with Gasteiger partial charge in [0.1, 0.15) is 18.1 Å². The number of anilines is 1. The molecule has 2 aromatic rings. The highest BCUT2D eigenvalue weighted by Gasteiger charge is 2.27. The molecule has 0 aliphatic rings. The standard InChI is InChI=1S/C24H33FN2O4S/c1-4-7-8-19(5-2)17-26-24(28)18-27(21-11-13-22(14-12-21)31-6-3)32(29,30)23-15-9-20(25)10-16-23/h9-16,19H,4-8,17-18H2,1-3H3,(H,26,28)/t19-/m0/s1. The second-order valence-corrected chi connectivity index (χ2v) is 9.48. The van der Waals surface area contributed by atoms with Crippen molar-refractivity contribution in [3.63, 3.8) is 0 Å². The number of halogens is 1. The molecule has 32 heavy (non-hydrogen) atoms. The van der Waals surface area contributed by atoms with Crippen molar-refractivity contribution >= 4 is 21.6 Å². The van der Waals surface area contributed by atoms with E-state index in [2.05, 4.69) is 19.2 Å². The normalized spacial score (nSPS) is 12.2. The molecule has 0 bridgehead atoms. The smallest absolute Gasteiger partial charge is 0.264 e. The van der Waals surface area contributed by atoms with Crippen molar-refractivity contribution < 1.29 is 22.3 Å². The number of hydrogen-bond acceptors (Lipinski definition) is 4. The largest absolute Gasteiger partial charge is 0.494 e. The van der Waals surface area contributed by atoms with E-state index in [1.807, 2.05) is 6.92 Å². The number of carbonyl (C=O) groups is 1. The number of unbranched alkanes of at least 4 members (excludes halogenated alkanes) is 1. The molecular weight excluding hydrogens is 431 g/mol. The third-order valence-electron chi connectivity index (χ3n) is 5.26. The molecule has 1 amide bonds. The van der Waals surface area contributed by atoms with Gasteiger partial charge in [0.15, 0.2) is 0 Å². The number of hydrogen-bond donors (Lipinski definition) is 1. The molecule has 2 aromatic carbocycles. The molecule has 0 radical (unpaired) electrons. The first-order valence-electron chi connectivity index (χ1n) is 11.1. The molecule has 1 N–H and O–H groups in total. The molecular formula is C24H33FN2O4S. The van der Waals surface area contributed by atoms with Crippen LogP contribution in [0.25, 0.3) is 0 Å². The van der Waals surface area contributed by atoms with Gasteiger partial charge in [0.05, 0.1) is 17.2 Å². The Hall–Kier alpha value is -2.61. The van der Waals surface area contributed by atoms with Crippen LogP contribution in [0.3, 0.4) is 0 Å². The molecule has 0 saturated heterocycles. The van der Waals surface area contributed by atoms with E-state index in [4.69, 9.17) is 4.74 Å². The third kappa shape index (κ3) is 7.22. The quantitative estimate of drug-likeness (QED) is 0.464. The zero-order valence-electron chi connectivity index (χ0n) is 19.0. The molecule has 0 fully saturated rings. The molecule has 1 atom stereocenters. The van der Waals surface area contributed by atoms with Crippen LogP contribution in [0, 0.1) is 11.7 Å². The Morgan fingerprint density at radius 3 is 2.28 bits per heavy atom. The predicted molar refractivity (Wildman–Crippen MR) is 125 cm³/mol. The Balaban J connectivity index is 2.25. The molecule has 0 spiro atoms. The Morgan fingerprint density at radius 2 is 1.72 bits per heavy atom. The summed E-state index contributed by atoms with van der Waals surface area (Å²) >= 11 is 0. The minimum atomic E-state index is -4.08. The van der Waals surface area contributed by atoms with E-state index in [1.165, 1.54) is 12.1 Å². The molecule has 0 aliphatic heterocycles. The van der Waals surface area contributed by atoms with Crippen molar-refractivity contribution in [2.45, 2.75) is 51.3 Å². The maximum atomic E-state index is 13.3. The molecule has 0 aromatic heterocycles. The van der Waals surface area contributed by atoms with Crippen LogP contribution in [0.15, 0.2) is 53.4 Å². The van der Waals surface area contributed by atoms with E-state index in [9.17, 15) is 17.6 Å². The summed E-state index contributed by atoms with van der Waals surface area (Å²) in [7, 11) is -4.08.